The Bertz CT molecular complexity index is 620. The van der Waals surface area contributed by atoms with Gasteiger partial charge in [-0.1, -0.05) is 6.07 Å². The van der Waals surface area contributed by atoms with E-state index in [9.17, 15) is 9.59 Å². The third-order valence-electron chi connectivity index (χ3n) is 3.79. The number of carbonyl (C=O) groups excluding carboxylic acids is 2. The van der Waals surface area contributed by atoms with Gasteiger partial charge in [-0.15, -0.1) is 0 Å². The van der Waals surface area contributed by atoms with Gasteiger partial charge in [-0.3, -0.25) is 10.1 Å². The van der Waals surface area contributed by atoms with Gasteiger partial charge < -0.3 is 9.64 Å². The van der Waals surface area contributed by atoms with Crippen LogP contribution in [-0.4, -0.2) is 41.5 Å². The van der Waals surface area contributed by atoms with Gasteiger partial charge in [0.25, 0.3) is 0 Å². The van der Waals surface area contributed by atoms with Gasteiger partial charge in [-0.2, -0.15) is 0 Å². The van der Waals surface area contributed by atoms with E-state index < -0.39 is 11.7 Å². The molecule has 0 aromatic carbocycles. The fourth-order valence-corrected chi connectivity index (χ4v) is 2.87. The highest BCUT2D eigenvalue weighted by molar-refractivity contribution is 5.84. The van der Waals surface area contributed by atoms with E-state index in [0.717, 1.165) is 17.7 Å². The first-order chi connectivity index (χ1) is 11.1. The minimum atomic E-state index is -0.555. The molecule has 1 amide bonds. The zero-order valence-corrected chi connectivity index (χ0v) is 15.2. The molecule has 1 aliphatic carbocycles. The summed E-state index contributed by atoms with van der Waals surface area (Å²) in [7, 11) is 3.94. The molecule has 1 atom stereocenters. The second-order valence-electron chi connectivity index (χ2n) is 7.58. The molecule has 1 aromatic heterocycles. The average Bonchev–Trinajstić information content (AvgIpc) is 2.82. The van der Waals surface area contributed by atoms with Gasteiger partial charge in [-0.05, 0) is 58.8 Å². The molecular weight excluding hydrogens is 306 g/mol. The first kappa shape index (κ1) is 18.4. The minimum Gasteiger partial charge on any atom is -0.444 e. The highest BCUT2D eigenvalue weighted by Crippen LogP contribution is 2.34. The quantitative estimate of drug-likeness (QED) is 0.915. The van der Waals surface area contributed by atoms with Crippen molar-refractivity contribution in [2.24, 2.45) is 0 Å². The van der Waals surface area contributed by atoms with Crippen molar-refractivity contribution >= 4 is 17.7 Å². The number of nitrogens with one attached hydrogen (secondary N) is 1. The molecule has 1 N–H and O–H groups in total. The normalized spacial score (nSPS) is 18.1. The standard InChI is InChI=1S/C18H27N3O3/c1-18(2,3)24-17(23)20-16-9-8-14(12-6-7-13(22)10-12)15(19-16)11-21(4)5/h8-9,12H,6-7,10-11H2,1-5H3,(H,19,20,23). The summed E-state index contributed by atoms with van der Waals surface area (Å²) in [4.78, 5) is 30.1. The monoisotopic (exact) mass is 333 g/mol. The van der Waals surface area contributed by atoms with Crippen molar-refractivity contribution in [3.05, 3.63) is 23.4 Å². The molecule has 1 fully saturated rings. The van der Waals surface area contributed by atoms with Gasteiger partial charge in [0, 0.05) is 19.4 Å². The molecule has 6 nitrogen and oxygen atoms in total. The summed E-state index contributed by atoms with van der Waals surface area (Å²) in [5.74, 6) is 1.01. The molecule has 6 heteroatoms. The van der Waals surface area contributed by atoms with Gasteiger partial charge >= 0.3 is 6.09 Å². The maximum absolute atomic E-state index is 11.9. The molecule has 0 bridgehead atoms. The Morgan fingerprint density at radius 3 is 2.62 bits per heavy atom. The number of Topliss-reactive ketones (excluding diaryl/α,β-unsaturated/α-hetero) is 1. The molecule has 0 radical (unpaired) electrons. The van der Waals surface area contributed by atoms with E-state index in [1.807, 2.05) is 45.8 Å². The van der Waals surface area contributed by atoms with Crippen molar-refractivity contribution < 1.29 is 14.3 Å². The van der Waals surface area contributed by atoms with Gasteiger partial charge in [0.1, 0.15) is 17.2 Å². The number of aromatic nitrogens is 1. The topological polar surface area (TPSA) is 71.5 Å². The number of ether oxygens (including phenoxy) is 1. The molecule has 24 heavy (non-hydrogen) atoms. The van der Waals surface area contributed by atoms with Crippen LogP contribution in [0.1, 0.15) is 57.2 Å². The lowest BCUT2D eigenvalue weighted by Gasteiger charge is -2.21. The van der Waals surface area contributed by atoms with Crippen LogP contribution in [0.25, 0.3) is 0 Å². The molecule has 1 aliphatic rings. The number of rotatable bonds is 4. The van der Waals surface area contributed by atoms with Crippen LogP contribution in [0, 0.1) is 0 Å². The van der Waals surface area contributed by atoms with Gasteiger partial charge in [-0.25, -0.2) is 9.78 Å². The number of amides is 1. The summed E-state index contributed by atoms with van der Waals surface area (Å²) in [6.07, 6.45) is 1.58. The zero-order chi connectivity index (χ0) is 17.9. The van der Waals surface area contributed by atoms with Crippen LogP contribution in [0.15, 0.2) is 12.1 Å². The third-order valence-corrected chi connectivity index (χ3v) is 3.79. The van der Waals surface area contributed by atoms with Crippen LogP contribution in [-0.2, 0) is 16.1 Å². The fourth-order valence-electron chi connectivity index (χ4n) is 2.87. The molecule has 1 aromatic rings. The van der Waals surface area contributed by atoms with Crippen molar-refractivity contribution in [3.63, 3.8) is 0 Å². The van der Waals surface area contributed by atoms with Crippen LogP contribution < -0.4 is 5.32 Å². The van der Waals surface area contributed by atoms with Gasteiger partial charge in [0.15, 0.2) is 0 Å². The predicted octanol–water partition coefficient (Wildman–Crippen LogP) is 3.33. The fraction of sp³-hybridized carbons (Fsp3) is 0.611. The summed E-state index contributed by atoms with van der Waals surface area (Å²) in [5, 5.41) is 2.68. The van der Waals surface area contributed by atoms with Crippen LogP contribution in [0.5, 0.6) is 0 Å². The highest BCUT2D eigenvalue weighted by Gasteiger charge is 2.26. The van der Waals surface area contributed by atoms with E-state index in [1.54, 1.807) is 6.07 Å². The first-order valence-corrected chi connectivity index (χ1v) is 8.30. The Kier molecular flexibility index (Phi) is 5.59. The van der Waals surface area contributed by atoms with Crippen molar-refractivity contribution in [3.8, 4) is 0 Å². The Hall–Kier alpha value is -1.95. The Balaban J connectivity index is 2.19. The molecule has 2 rings (SSSR count). The number of hydrogen-bond acceptors (Lipinski definition) is 5. The van der Waals surface area contributed by atoms with Crippen LogP contribution in [0.2, 0.25) is 0 Å². The smallest absolute Gasteiger partial charge is 0.413 e. The van der Waals surface area contributed by atoms with Gasteiger partial charge in [0.2, 0.25) is 0 Å². The largest absolute Gasteiger partial charge is 0.444 e. The molecule has 132 valence electrons. The molecule has 0 aliphatic heterocycles. The first-order valence-electron chi connectivity index (χ1n) is 8.30. The molecule has 1 heterocycles. The summed E-state index contributed by atoms with van der Waals surface area (Å²) in [5.41, 5.74) is 1.44. The SMILES string of the molecule is CN(C)Cc1nc(NC(=O)OC(C)(C)C)ccc1C1CCC(=O)C1. The second-order valence-corrected chi connectivity index (χ2v) is 7.58. The van der Waals surface area contributed by atoms with Gasteiger partial charge in [0.05, 0.1) is 5.69 Å². The van der Waals surface area contributed by atoms with E-state index in [0.29, 0.717) is 31.0 Å². The summed E-state index contributed by atoms with van der Waals surface area (Å²) in [6.45, 7) is 6.11. The Labute approximate surface area is 143 Å². The number of anilines is 1. The Morgan fingerprint density at radius 1 is 1.38 bits per heavy atom. The molecule has 0 spiro atoms. The van der Waals surface area contributed by atoms with E-state index in [4.69, 9.17) is 4.74 Å². The zero-order valence-electron chi connectivity index (χ0n) is 15.2. The summed E-state index contributed by atoms with van der Waals surface area (Å²) >= 11 is 0. The second kappa shape index (κ2) is 7.30. The van der Waals surface area contributed by atoms with E-state index in [1.165, 1.54) is 0 Å². The maximum Gasteiger partial charge on any atom is 0.413 e. The average molecular weight is 333 g/mol. The van der Waals surface area contributed by atoms with Crippen LogP contribution in [0.4, 0.5) is 10.6 Å². The lowest BCUT2D eigenvalue weighted by atomic mass is 9.95. The predicted molar refractivity (Wildman–Crippen MR) is 93.1 cm³/mol. The van der Waals surface area contributed by atoms with Crippen LogP contribution >= 0.6 is 0 Å². The van der Waals surface area contributed by atoms with Crippen LogP contribution in [0.3, 0.4) is 0 Å². The lowest BCUT2D eigenvalue weighted by Crippen LogP contribution is -2.27. The summed E-state index contributed by atoms with van der Waals surface area (Å²) in [6, 6.07) is 3.75. The molecule has 1 unspecified atom stereocenters. The van der Waals surface area contributed by atoms with Crippen molar-refractivity contribution in [2.45, 2.75) is 58.1 Å². The Morgan fingerprint density at radius 2 is 2.08 bits per heavy atom. The van der Waals surface area contributed by atoms with E-state index in [2.05, 4.69) is 10.3 Å². The van der Waals surface area contributed by atoms with Crippen molar-refractivity contribution in [1.29, 1.82) is 0 Å². The number of ketones is 1. The number of nitrogens with zero attached hydrogens (tertiary/aromatic N) is 2. The number of carbonyl (C=O) groups is 2. The highest BCUT2D eigenvalue weighted by atomic mass is 16.6. The maximum atomic E-state index is 11.9. The third kappa shape index (κ3) is 5.30. The molecule has 0 saturated heterocycles. The molecular formula is C18H27N3O3. The molecule has 1 saturated carbocycles. The lowest BCUT2D eigenvalue weighted by molar-refractivity contribution is -0.117. The van der Waals surface area contributed by atoms with Crippen molar-refractivity contribution in [1.82, 2.24) is 9.88 Å². The summed E-state index contributed by atoms with van der Waals surface area (Å²) < 4.78 is 5.26. The number of pyridine rings is 1. The van der Waals surface area contributed by atoms with Crippen molar-refractivity contribution in [2.75, 3.05) is 19.4 Å². The van der Waals surface area contributed by atoms with E-state index in [-0.39, 0.29) is 5.92 Å². The van der Waals surface area contributed by atoms with E-state index >= 15 is 0 Å². The minimum absolute atomic E-state index is 0.232. The number of hydrogen-bond donors (Lipinski definition) is 1.